The quantitative estimate of drug-likeness (QED) is 0.855. The van der Waals surface area contributed by atoms with Gasteiger partial charge >= 0.3 is 0 Å². The maximum absolute atomic E-state index is 5.90. The van der Waals surface area contributed by atoms with Gasteiger partial charge in [0.2, 0.25) is 0 Å². The second-order valence-corrected chi connectivity index (χ2v) is 6.29. The fourth-order valence-electron chi connectivity index (χ4n) is 3.13. The molecule has 1 aromatic carbocycles. The third kappa shape index (κ3) is 2.51. The van der Waals surface area contributed by atoms with Gasteiger partial charge in [0, 0.05) is 17.1 Å². The molecule has 0 saturated heterocycles. The molecule has 0 spiro atoms. The van der Waals surface area contributed by atoms with E-state index < -0.39 is 0 Å². The first-order valence-corrected chi connectivity index (χ1v) is 7.10. The number of rotatable bonds is 3. The molecular weight excluding hydrogens is 230 g/mol. The summed E-state index contributed by atoms with van der Waals surface area (Å²) >= 11 is 5.90. The maximum atomic E-state index is 5.90. The zero-order valence-electron chi connectivity index (χ0n) is 10.3. The minimum absolute atomic E-state index is 0.752. The number of benzene rings is 1. The van der Waals surface area contributed by atoms with Crippen LogP contribution < -0.4 is 5.32 Å². The zero-order chi connectivity index (χ0) is 11.8. The Morgan fingerprint density at radius 3 is 2.18 bits per heavy atom. The Bertz CT molecular complexity index is 374. The van der Waals surface area contributed by atoms with E-state index in [9.17, 15) is 0 Å². The van der Waals surface area contributed by atoms with Crippen molar-refractivity contribution in [1.29, 1.82) is 0 Å². The van der Waals surface area contributed by atoms with Gasteiger partial charge in [0.25, 0.3) is 0 Å². The van der Waals surface area contributed by atoms with Gasteiger partial charge in [0.1, 0.15) is 0 Å². The van der Waals surface area contributed by atoms with Crippen LogP contribution in [-0.4, -0.2) is 12.1 Å². The highest BCUT2D eigenvalue weighted by molar-refractivity contribution is 6.30. The summed E-state index contributed by atoms with van der Waals surface area (Å²) in [5.74, 6) is 1.70. The van der Waals surface area contributed by atoms with Crippen LogP contribution in [0.25, 0.3) is 0 Å². The molecule has 0 atom stereocenters. The molecule has 3 rings (SSSR count). The molecule has 2 heteroatoms. The second kappa shape index (κ2) is 4.62. The summed E-state index contributed by atoms with van der Waals surface area (Å²) < 4.78 is 0. The smallest absolute Gasteiger partial charge is 0.0406 e. The standard InChI is InChI=1S/C15H20ClN/c1-10-6-14(7-10)17-15-8-12(9-15)11-2-4-13(16)5-3-11/h2-5,10,12,14-15,17H,6-9H2,1H3. The second-order valence-electron chi connectivity index (χ2n) is 5.86. The lowest BCUT2D eigenvalue weighted by Crippen LogP contribution is -2.50. The van der Waals surface area contributed by atoms with E-state index in [1.807, 2.05) is 12.1 Å². The van der Waals surface area contributed by atoms with Crippen molar-refractivity contribution >= 4 is 11.6 Å². The van der Waals surface area contributed by atoms with Crippen LogP contribution in [0.1, 0.15) is 44.1 Å². The monoisotopic (exact) mass is 249 g/mol. The average molecular weight is 250 g/mol. The highest BCUT2D eigenvalue weighted by Crippen LogP contribution is 2.39. The third-order valence-electron chi connectivity index (χ3n) is 4.32. The Morgan fingerprint density at radius 2 is 1.59 bits per heavy atom. The predicted octanol–water partition coefficient (Wildman–Crippen LogP) is 3.97. The Labute approximate surface area is 109 Å². The van der Waals surface area contributed by atoms with Crippen LogP contribution >= 0.6 is 11.6 Å². The van der Waals surface area contributed by atoms with E-state index in [4.69, 9.17) is 11.6 Å². The first kappa shape index (κ1) is 11.6. The average Bonchev–Trinajstić information content (AvgIpc) is 2.21. The van der Waals surface area contributed by atoms with Gasteiger partial charge < -0.3 is 5.32 Å². The van der Waals surface area contributed by atoms with Crippen LogP contribution in [-0.2, 0) is 0 Å². The van der Waals surface area contributed by atoms with E-state index in [2.05, 4.69) is 24.4 Å². The van der Waals surface area contributed by atoms with Crippen LogP contribution in [0.3, 0.4) is 0 Å². The summed E-state index contributed by atoms with van der Waals surface area (Å²) in [6, 6.07) is 9.93. The molecule has 0 amide bonds. The van der Waals surface area contributed by atoms with Gasteiger partial charge in [-0.15, -0.1) is 0 Å². The molecule has 0 heterocycles. The number of nitrogens with one attached hydrogen (secondary N) is 1. The van der Waals surface area contributed by atoms with Gasteiger partial charge in [-0.25, -0.2) is 0 Å². The van der Waals surface area contributed by atoms with Crippen LogP contribution in [0.2, 0.25) is 5.02 Å². The molecule has 0 radical (unpaired) electrons. The van der Waals surface area contributed by atoms with Crippen molar-refractivity contribution < 1.29 is 0 Å². The lowest BCUT2D eigenvalue weighted by atomic mass is 9.74. The largest absolute Gasteiger partial charge is 0.311 e. The lowest BCUT2D eigenvalue weighted by molar-refractivity contribution is 0.177. The molecule has 2 saturated carbocycles. The molecule has 1 nitrogen and oxygen atoms in total. The van der Waals surface area contributed by atoms with Crippen molar-refractivity contribution in [2.45, 2.75) is 50.6 Å². The van der Waals surface area contributed by atoms with Crippen molar-refractivity contribution in [3.05, 3.63) is 34.9 Å². The third-order valence-corrected chi connectivity index (χ3v) is 4.58. The first-order valence-electron chi connectivity index (χ1n) is 6.72. The Morgan fingerprint density at radius 1 is 1.00 bits per heavy atom. The molecule has 0 bridgehead atoms. The molecule has 2 aliphatic carbocycles. The molecule has 0 unspecified atom stereocenters. The van der Waals surface area contributed by atoms with Crippen molar-refractivity contribution in [1.82, 2.24) is 5.32 Å². The Hall–Kier alpha value is -0.530. The summed E-state index contributed by atoms with van der Waals surface area (Å²) in [6.45, 7) is 2.34. The number of hydrogen-bond donors (Lipinski definition) is 1. The van der Waals surface area contributed by atoms with E-state index in [0.29, 0.717) is 0 Å². The normalized spacial score (nSPS) is 36.1. The summed E-state index contributed by atoms with van der Waals surface area (Å²) in [5.41, 5.74) is 1.45. The predicted molar refractivity (Wildman–Crippen MR) is 72.5 cm³/mol. The van der Waals surface area contributed by atoms with Crippen molar-refractivity contribution in [3.63, 3.8) is 0 Å². The van der Waals surface area contributed by atoms with E-state index >= 15 is 0 Å². The van der Waals surface area contributed by atoms with Crippen molar-refractivity contribution in [2.24, 2.45) is 5.92 Å². The lowest BCUT2D eigenvalue weighted by Gasteiger charge is -2.43. The molecule has 17 heavy (non-hydrogen) atoms. The summed E-state index contributed by atoms with van der Waals surface area (Å²) in [6.07, 6.45) is 5.35. The van der Waals surface area contributed by atoms with Gasteiger partial charge in [0.15, 0.2) is 0 Å². The summed E-state index contributed by atoms with van der Waals surface area (Å²) in [7, 11) is 0. The molecule has 2 fully saturated rings. The molecular formula is C15H20ClN. The van der Waals surface area contributed by atoms with Gasteiger partial charge in [-0.05, 0) is 55.2 Å². The fourth-order valence-corrected chi connectivity index (χ4v) is 3.26. The van der Waals surface area contributed by atoms with Crippen LogP contribution in [0, 0.1) is 5.92 Å². The van der Waals surface area contributed by atoms with Gasteiger partial charge in [-0.1, -0.05) is 30.7 Å². The van der Waals surface area contributed by atoms with Crippen LogP contribution in [0.15, 0.2) is 24.3 Å². The van der Waals surface area contributed by atoms with E-state index in [-0.39, 0.29) is 0 Å². The Kier molecular flexibility index (Phi) is 3.14. The minimum atomic E-state index is 0.752. The summed E-state index contributed by atoms with van der Waals surface area (Å²) in [5, 5.41) is 4.61. The van der Waals surface area contributed by atoms with Crippen LogP contribution in [0.5, 0.6) is 0 Å². The first-order chi connectivity index (χ1) is 8.20. The van der Waals surface area contributed by atoms with Crippen molar-refractivity contribution in [3.8, 4) is 0 Å². The minimum Gasteiger partial charge on any atom is -0.311 e. The van der Waals surface area contributed by atoms with E-state index in [1.165, 1.54) is 31.2 Å². The summed E-state index contributed by atoms with van der Waals surface area (Å²) in [4.78, 5) is 0. The molecule has 0 aromatic heterocycles. The van der Waals surface area contributed by atoms with Gasteiger partial charge in [-0.2, -0.15) is 0 Å². The highest BCUT2D eigenvalue weighted by atomic mass is 35.5. The molecule has 2 aliphatic rings. The van der Waals surface area contributed by atoms with Crippen molar-refractivity contribution in [2.75, 3.05) is 0 Å². The number of halogens is 1. The molecule has 1 N–H and O–H groups in total. The van der Waals surface area contributed by atoms with E-state index in [1.54, 1.807) is 0 Å². The van der Waals surface area contributed by atoms with Gasteiger partial charge in [-0.3, -0.25) is 0 Å². The highest BCUT2D eigenvalue weighted by Gasteiger charge is 2.34. The molecule has 1 aromatic rings. The SMILES string of the molecule is CC1CC(NC2CC(c3ccc(Cl)cc3)C2)C1. The topological polar surface area (TPSA) is 12.0 Å². The van der Waals surface area contributed by atoms with Crippen LogP contribution in [0.4, 0.5) is 0 Å². The molecule has 92 valence electrons. The van der Waals surface area contributed by atoms with Gasteiger partial charge in [0.05, 0.1) is 0 Å². The zero-order valence-corrected chi connectivity index (χ0v) is 11.1. The number of hydrogen-bond acceptors (Lipinski definition) is 1. The molecule has 0 aliphatic heterocycles. The fraction of sp³-hybridized carbons (Fsp3) is 0.600. The van der Waals surface area contributed by atoms with E-state index in [0.717, 1.165) is 28.9 Å². The Balaban J connectivity index is 1.46. The maximum Gasteiger partial charge on any atom is 0.0406 e.